The quantitative estimate of drug-likeness (QED) is 0.278. The summed E-state index contributed by atoms with van der Waals surface area (Å²) in [5.74, 6) is 0. The molecule has 0 radical (unpaired) electrons. The Morgan fingerprint density at radius 3 is 1.25 bits per heavy atom. The SMILES string of the molecule is F.[F-].[H+].[H-].[K+].[K+]. The first kappa shape index (κ1) is 27.3. The summed E-state index contributed by atoms with van der Waals surface area (Å²) in [5, 5.41) is 0. The summed E-state index contributed by atoms with van der Waals surface area (Å²) >= 11 is 0. The van der Waals surface area contributed by atoms with Gasteiger partial charge in [0.25, 0.3) is 0 Å². The molecule has 0 N–H and O–H groups in total. The Morgan fingerprint density at radius 2 is 1.25 bits per heavy atom. The molecule has 0 bridgehead atoms. The van der Waals surface area contributed by atoms with Crippen LogP contribution in [0.2, 0.25) is 0 Å². The van der Waals surface area contributed by atoms with Crippen molar-refractivity contribution in [2.45, 2.75) is 0 Å². The molecule has 0 unspecified atom stereocenters. The van der Waals surface area contributed by atoms with Crippen LogP contribution in [0.15, 0.2) is 0 Å². The molecule has 0 aliphatic rings. The van der Waals surface area contributed by atoms with Gasteiger partial charge in [-0.25, -0.2) is 0 Å². The first-order valence-electron chi connectivity index (χ1n) is 0. The number of halogens is 2. The molecule has 4 heavy (non-hydrogen) atoms. The molecule has 4 heteroatoms. The van der Waals surface area contributed by atoms with Gasteiger partial charge in [0, 0.05) is 0 Å². The van der Waals surface area contributed by atoms with Gasteiger partial charge < -0.3 is 6.13 Å². The maximum absolute atomic E-state index is 0. The van der Waals surface area contributed by atoms with Gasteiger partial charge in [-0.2, -0.15) is 0 Å². The second kappa shape index (κ2) is 16.5. The van der Waals surface area contributed by atoms with Crippen molar-refractivity contribution in [2.24, 2.45) is 0 Å². The standard InChI is InChI=1S/2FH.2K.H/h2*1H;;;/q;;2*+1;-1. The third-order valence-electron chi connectivity index (χ3n) is 0. The summed E-state index contributed by atoms with van der Waals surface area (Å²) in [5.41, 5.74) is 0. The minimum Gasteiger partial charge on any atom is -1.00 e. The maximum atomic E-state index is 0. The first-order valence-corrected chi connectivity index (χ1v) is 0. The molecule has 0 aromatic carbocycles. The van der Waals surface area contributed by atoms with Gasteiger partial charge in [0.1, 0.15) is 0 Å². The average molecular weight is 119 g/mol. The smallest absolute Gasteiger partial charge is 1.00 e. The minimum absolute atomic E-state index is 0. The van der Waals surface area contributed by atoms with Gasteiger partial charge in [0.05, 0.1) is 0 Å². The third-order valence-corrected chi connectivity index (χ3v) is 0. The van der Waals surface area contributed by atoms with Crippen molar-refractivity contribution in [1.82, 2.24) is 0 Å². The molecule has 18 valence electrons. The largest absolute Gasteiger partial charge is 1.00 e. The van der Waals surface area contributed by atoms with E-state index in [0.717, 1.165) is 0 Å². The van der Waals surface area contributed by atoms with Gasteiger partial charge in [0.2, 0.25) is 0 Å². The maximum Gasteiger partial charge on any atom is 1.00 e. The van der Waals surface area contributed by atoms with Crippen molar-refractivity contribution in [3.63, 3.8) is 0 Å². The molecule has 0 amide bonds. The summed E-state index contributed by atoms with van der Waals surface area (Å²) in [6.07, 6.45) is 0. The fraction of sp³-hybridized carbons (Fsp3) is 0. The van der Waals surface area contributed by atoms with Gasteiger partial charge in [0.15, 0.2) is 0 Å². The van der Waals surface area contributed by atoms with E-state index in [-0.39, 0.29) is 115 Å². The average Bonchev–Trinajstić information content (AvgIpc) is 0. The van der Waals surface area contributed by atoms with Crippen molar-refractivity contribution in [2.75, 3.05) is 0 Å². The molecule has 0 aromatic rings. The predicted molar refractivity (Wildman–Crippen MR) is 4.73 cm³/mol. The minimum atomic E-state index is 0. The molecular weight excluding hydrogens is 116 g/mol. The third kappa shape index (κ3) is 8.93. The van der Waals surface area contributed by atoms with Crippen LogP contribution in [-0.4, -0.2) is 0 Å². The molecule has 0 saturated carbocycles. The van der Waals surface area contributed by atoms with Crippen LogP contribution in [0.1, 0.15) is 2.85 Å². The van der Waals surface area contributed by atoms with Crippen LogP contribution in [0.3, 0.4) is 0 Å². The van der Waals surface area contributed by atoms with E-state index >= 15 is 0 Å². The van der Waals surface area contributed by atoms with Crippen LogP contribution in [-0.2, 0) is 0 Å². The Hall–Kier alpha value is 3.13. The molecule has 0 saturated heterocycles. The van der Waals surface area contributed by atoms with E-state index in [1.54, 1.807) is 0 Å². The molecule has 0 rings (SSSR count). The molecule has 0 spiro atoms. The van der Waals surface area contributed by atoms with Crippen LogP contribution in [0.25, 0.3) is 0 Å². The second-order valence-corrected chi connectivity index (χ2v) is 0. The Morgan fingerprint density at radius 1 is 1.25 bits per heavy atom. The first-order chi connectivity index (χ1) is 0. The van der Waals surface area contributed by atoms with E-state index in [1.165, 1.54) is 0 Å². The topological polar surface area (TPSA) is 0 Å². The molecule has 0 fully saturated rings. The fourth-order valence-corrected chi connectivity index (χ4v) is 0. The van der Waals surface area contributed by atoms with Crippen LogP contribution >= 0.6 is 0 Å². The molecule has 0 aliphatic heterocycles. The normalized spacial score (nSPS) is 0. The van der Waals surface area contributed by atoms with E-state index in [9.17, 15) is 0 Å². The summed E-state index contributed by atoms with van der Waals surface area (Å²) in [7, 11) is 0. The predicted octanol–water partition coefficient (Wildman–Crippen LogP) is -8.61. The van der Waals surface area contributed by atoms with E-state index in [0.29, 0.717) is 0 Å². The Kier molecular flexibility index (Phi) is 113. The summed E-state index contributed by atoms with van der Waals surface area (Å²) in [6, 6.07) is 0. The van der Waals surface area contributed by atoms with Crippen LogP contribution in [0.5, 0.6) is 0 Å². The summed E-state index contributed by atoms with van der Waals surface area (Å²) in [6.45, 7) is 0. The van der Waals surface area contributed by atoms with E-state index in [1.807, 2.05) is 0 Å². The van der Waals surface area contributed by atoms with E-state index in [2.05, 4.69) is 0 Å². The van der Waals surface area contributed by atoms with E-state index < -0.39 is 0 Å². The molecule has 0 aliphatic carbocycles. The zero-order valence-corrected chi connectivity index (χ0v) is 9.03. The van der Waals surface area contributed by atoms with Gasteiger partial charge in [-0.05, 0) is 0 Å². The zero-order valence-electron chi connectivity index (χ0n) is 4.79. The second-order valence-electron chi connectivity index (χ2n) is 0. The fourth-order valence-electron chi connectivity index (χ4n) is 0. The van der Waals surface area contributed by atoms with Crippen molar-refractivity contribution in [1.29, 1.82) is 0 Å². The van der Waals surface area contributed by atoms with Crippen molar-refractivity contribution < 1.29 is 115 Å². The molecular formula is H3F2K2+. The van der Waals surface area contributed by atoms with Gasteiger partial charge in [-0.1, -0.05) is 0 Å². The van der Waals surface area contributed by atoms with E-state index in [4.69, 9.17) is 0 Å². The summed E-state index contributed by atoms with van der Waals surface area (Å²) in [4.78, 5) is 0. The summed E-state index contributed by atoms with van der Waals surface area (Å²) < 4.78 is 0. The Bertz CT molecular complexity index is 9.51. The number of hydrogen-bond donors (Lipinski definition) is 0. The van der Waals surface area contributed by atoms with Crippen molar-refractivity contribution in [3.8, 4) is 0 Å². The molecule has 0 atom stereocenters. The van der Waals surface area contributed by atoms with Crippen LogP contribution < -0.4 is 107 Å². The molecule has 0 heterocycles. The Labute approximate surface area is 112 Å². The van der Waals surface area contributed by atoms with Crippen LogP contribution in [0, 0.1) is 0 Å². The molecule has 0 aromatic heterocycles. The molecule has 0 nitrogen and oxygen atoms in total. The Balaban J connectivity index is 0. The van der Waals surface area contributed by atoms with Crippen molar-refractivity contribution in [3.05, 3.63) is 0 Å². The van der Waals surface area contributed by atoms with Gasteiger partial charge in [-0.3, -0.25) is 4.70 Å². The van der Waals surface area contributed by atoms with Gasteiger partial charge >= 0.3 is 104 Å². The number of rotatable bonds is 0. The van der Waals surface area contributed by atoms with Crippen molar-refractivity contribution >= 4 is 0 Å². The van der Waals surface area contributed by atoms with Crippen LogP contribution in [0.4, 0.5) is 4.70 Å². The zero-order chi connectivity index (χ0) is 0. The van der Waals surface area contributed by atoms with Gasteiger partial charge in [-0.15, -0.1) is 0 Å². The number of hydrogen-bond acceptors (Lipinski definition) is 0. The monoisotopic (exact) mass is 119 g/mol.